The zero-order valence-electron chi connectivity index (χ0n) is 16.8. The molecule has 3 rings (SSSR count). The minimum Gasteiger partial charge on any atom is -0.450 e. The zero-order valence-corrected chi connectivity index (χ0v) is 16.8. The molecule has 0 spiro atoms. The number of allylic oxidation sites excluding steroid dienone is 2. The Morgan fingerprint density at radius 2 is 2.00 bits per heavy atom. The van der Waals surface area contributed by atoms with Crippen LogP contribution in [0.2, 0.25) is 0 Å². The van der Waals surface area contributed by atoms with Crippen molar-refractivity contribution in [3.8, 4) is 0 Å². The Balaban J connectivity index is 1.53. The Kier molecular flexibility index (Phi) is 7.31. The van der Waals surface area contributed by atoms with E-state index in [1.165, 1.54) is 30.5 Å². The number of hydrogen-bond acceptors (Lipinski definition) is 4. The van der Waals surface area contributed by atoms with Crippen LogP contribution < -0.4 is 0 Å². The van der Waals surface area contributed by atoms with Crippen LogP contribution in [-0.4, -0.2) is 60.4 Å². The van der Waals surface area contributed by atoms with Crippen molar-refractivity contribution in [2.24, 2.45) is 10.9 Å². The molecule has 3 heterocycles. The third-order valence-electron chi connectivity index (χ3n) is 5.98. The van der Waals surface area contributed by atoms with Crippen LogP contribution >= 0.6 is 0 Å². The molecule has 1 unspecified atom stereocenters. The van der Waals surface area contributed by atoms with Crippen molar-refractivity contribution in [3.63, 3.8) is 0 Å². The molecule has 0 aromatic rings. The third-order valence-corrected chi connectivity index (χ3v) is 5.98. The molecule has 0 aromatic heterocycles. The van der Waals surface area contributed by atoms with Crippen molar-refractivity contribution in [3.05, 3.63) is 29.7 Å². The van der Waals surface area contributed by atoms with E-state index in [4.69, 9.17) is 4.74 Å². The van der Waals surface area contributed by atoms with Crippen LogP contribution in [0.4, 0.5) is 4.79 Å². The van der Waals surface area contributed by atoms with Crippen LogP contribution in [0.1, 0.15) is 52.4 Å². The van der Waals surface area contributed by atoms with E-state index in [1.807, 2.05) is 30.2 Å². The van der Waals surface area contributed by atoms with E-state index in [0.717, 1.165) is 45.4 Å². The van der Waals surface area contributed by atoms with E-state index in [1.54, 1.807) is 0 Å². The fourth-order valence-corrected chi connectivity index (χ4v) is 4.50. The van der Waals surface area contributed by atoms with E-state index in [0.29, 0.717) is 18.6 Å². The lowest BCUT2D eigenvalue weighted by atomic mass is 9.85. The third kappa shape index (κ3) is 5.12. The second kappa shape index (κ2) is 9.91. The Labute approximate surface area is 163 Å². The number of piperidine rings is 1. The van der Waals surface area contributed by atoms with E-state index in [9.17, 15) is 4.79 Å². The predicted molar refractivity (Wildman–Crippen MR) is 109 cm³/mol. The lowest BCUT2D eigenvalue weighted by Crippen LogP contribution is -2.42. The monoisotopic (exact) mass is 371 g/mol. The van der Waals surface area contributed by atoms with Crippen LogP contribution in [0, 0.1) is 5.92 Å². The summed E-state index contributed by atoms with van der Waals surface area (Å²) in [5.41, 5.74) is 5.99. The van der Waals surface area contributed by atoms with Crippen LogP contribution in [0.3, 0.4) is 0 Å². The summed E-state index contributed by atoms with van der Waals surface area (Å²) >= 11 is 0. The fourth-order valence-electron chi connectivity index (χ4n) is 4.50. The maximum absolute atomic E-state index is 12.0. The molecule has 0 radical (unpaired) electrons. The molecule has 2 fully saturated rings. The number of rotatable bonds is 4. The van der Waals surface area contributed by atoms with Crippen molar-refractivity contribution < 1.29 is 9.53 Å². The molecule has 27 heavy (non-hydrogen) atoms. The first kappa shape index (κ1) is 19.9. The molecule has 5 heteroatoms. The molecular formula is C22H33N3O2. The molecular weight excluding hydrogens is 338 g/mol. The van der Waals surface area contributed by atoms with E-state index in [-0.39, 0.29) is 6.09 Å². The summed E-state index contributed by atoms with van der Waals surface area (Å²) < 4.78 is 5.17. The van der Waals surface area contributed by atoms with Crippen LogP contribution in [-0.2, 0) is 4.74 Å². The van der Waals surface area contributed by atoms with Gasteiger partial charge in [0.1, 0.15) is 0 Å². The van der Waals surface area contributed by atoms with Gasteiger partial charge >= 0.3 is 6.09 Å². The lowest BCUT2D eigenvalue weighted by Gasteiger charge is -2.37. The Hall–Kier alpha value is -1.84. The van der Waals surface area contributed by atoms with Crippen molar-refractivity contribution in [2.45, 2.75) is 58.4 Å². The maximum Gasteiger partial charge on any atom is 0.409 e. The molecule has 148 valence electrons. The Morgan fingerprint density at radius 1 is 1.19 bits per heavy atom. The molecule has 1 amide bonds. The van der Waals surface area contributed by atoms with Crippen molar-refractivity contribution >= 4 is 11.8 Å². The van der Waals surface area contributed by atoms with Gasteiger partial charge in [0.2, 0.25) is 0 Å². The molecule has 3 aliphatic rings. The Bertz CT molecular complexity index is 638. The summed E-state index contributed by atoms with van der Waals surface area (Å²) in [7, 11) is 0. The highest BCUT2D eigenvalue weighted by Crippen LogP contribution is 2.29. The minimum absolute atomic E-state index is 0.149. The lowest BCUT2D eigenvalue weighted by molar-refractivity contribution is 0.104. The van der Waals surface area contributed by atoms with Gasteiger partial charge in [-0.05, 0) is 76.6 Å². The van der Waals surface area contributed by atoms with E-state index >= 15 is 0 Å². The van der Waals surface area contributed by atoms with Crippen LogP contribution in [0.15, 0.2) is 34.6 Å². The summed E-state index contributed by atoms with van der Waals surface area (Å²) in [6.45, 7) is 8.40. The number of aliphatic imine (C=N–C) groups is 1. The summed E-state index contributed by atoms with van der Waals surface area (Å²) in [5, 5.41) is 0. The molecule has 0 aliphatic carbocycles. The molecule has 0 bridgehead atoms. The fraction of sp³-hybridized carbons (Fsp3) is 0.682. The van der Waals surface area contributed by atoms with Gasteiger partial charge in [-0.1, -0.05) is 6.92 Å². The standard InChI is InChI=1S/C22H33N3O2/c1-3-21-20(9-5-6-13-23-21)18-10-15-24(16-11-18)19-8-7-14-25(17-12-19)22(26)27-4-2/h5-6,13,18-19H,3-4,7-8,10-12,14-17H2,1-2H3. The molecule has 5 nitrogen and oxygen atoms in total. The van der Waals surface area contributed by atoms with Gasteiger partial charge < -0.3 is 14.5 Å². The van der Waals surface area contributed by atoms with Gasteiger partial charge in [-0.3, -0.25) is 4.99 Å². The number of carbonyl (C=O) groups is 1. The average molecular weight is 372 g/mol. The maximum atomic E-state index is 12.0. The van der Waals surface area contributed by atoms with Crippen molar-refractivity contribution in [1.29, 1.82) is 0 Å². The minimum atomic E-state index is -0.149. The molecule has 1 atom stereocenters. The van der Waals surface area contributed by atoms with Gasteiger partial charge in [-0.2, -0.15) is 0 Å². The first-order valence-corrected chi connectivity index (χ1v) is 10.6. The molecule has 3 aliphatic heterocycles. The summed E-state index contributed by atoms with van der Waals surface area (Å²) in [6.07, 6.45) is 12.3. The number of carbonyl (C=O) groups excluding carboxylic acids is 1. The van der Waals surface area contributed by atoms with Gasteiger partial charge in [0.05, 0.1) is 12.3 Å². The second-order valence-electron chi connectivity index (χ2n) is 7.58. The largest absolute Gasteiger partial charge is 0.450 e. The number of likely N-dealkylation sites (tertiary alicyclic amines) is 2. The van der Waals surface area contributed by atoms with Gasteiger partial charge in [-0.25, -0.2) is 4.79 Å². The SMILES string of the molecule is CCOC(=O)N1CCCC(N2CCC(C3=C=CC=CN=C3CC)CC2)CC1. The van der Waals surface area contributed by atoms with Gasteiger partial charge in [-0.15, -0.1) is 5.73 Å². The number of hydrogen-bond donors (Lipinski definition) is 0. The van der Waals surface area contributed by atoms with Crippen molar-refractivity contribution in [2.75, 3.05) is 32.8 Å². The first-order chi connectivity index (χ1) is 13.2. The quantitative estimate of drug-likeness (QED) is 0.697. The highest BCUT2D eigenvalue weighted by Gasteiger charge is 2.30. The number of nitrogens with zero attached hydrogens (tertiary/aromatic N) is 3. The summed E-state index contributed by atoms with van der Waals surface area (Å²) in [6, 6.07) is 0.588. The van der Waals surface area contributed by atoms with Gasteiger partial charge in [0.25, 0.3) is 0 Å². The Morgan fingerprint density at radius 3 is 2.74 bits per heavy atom. The van der Waals surface area contributed by atoms with Gasteiger partial charge in [0.15, 0.2) is 0 Å². The van der Waals surface area contributed by atoms with Crippen LogP contribution in [0.25, 0.3) is 0 Å². The predicted octanol–water partition coefficient (Wildman–Crippen LogP) is 4.17. The molecule has 0 aromatic carbocycles. The normalized spacial score (nSPS) is 24.8. The summed E-state index contributed by atoms with van der Waals surface area (Å²) in [5.74, 6) is 0.568. The highest BCUT2D eigenvalue weighted by atomic mass is 16.6. The van der Waals surface area contributed by atoms with Crippen molar-refractivity contribution in [1.82, 2.24) is 9.80 Å². The van der Waals surface area contributed by atoms with E-state index < -0.39 is 0 Å². The average Bonchev–Trinajstić information content (AvgIpc) is 3.09. The van der Waals surface area contributed by atoms with E-state index in [2.05, 4.69) is 22.5 Å². The highest BCUT2D eigenvalue weighted by molar-refractivity contribution is 6.00. The first-order valence-electron chi connectivity index (χ1n) is 10.6. The second-order valence-corrected chi connectivity index (χ2v) is 7.58. The molecule has 2 saturated heterocycles. The number of ether oxygens (including phenoxy) is 1. The zero-order chi connectivity index (χ0) is 19.1. The molecule has 0 saturated carbocycles. The van der Waals surface area contributed by atoms with Crippen LogP contribution in [0.5, 0.6) is 0 Å². The number of amides is 1. The summed E-state index contributed by atoms with van der Waals surface area (Å²) in [4.78, 5) is 21.1. The molecule has 0 N–H and O–H groups in total. The topological polar surface area (TPSA) is 45.1 Å². The van der Waals surface area contributed by atoms with Gasteiger partial charge in [0, 0.05) is 30.9 Å². The smallest absolute Gasteiger partial charge is 0.409 e.